The lowest BCUT2D eigenvalue weighted by atomic mass is 9.23. The van der Waals surface area contributed by atoms with Gasteiger partial charge in [-0.2, -0.15) is 0 Å². The number of hydrogen-bond acceptors (Lipinski definition) is 0. The van der Waals surface area contributed by atoms with Crippen LogP contribution in [0.15, 0.2) is 42.6 Å². The SMILES string of the molecule is Fc1c(F)c(F)c([B-](c2c(F)c(F)c(F)c(F)c2F)(c2c(F)c(F)c(F)c(F)c2F)[n+]2cccc3ccccc32)c(F)c1F. The molecule has 5 rings (SSSR count). The molecule has 17 heteroatoms. The van der Waals surface area contributed by atoms with Crippen molar-refractivity contribution in [1.29, 1.82) is 0 Å². The first-order chi connectivity index (χ1) is 20.6. The average Bonchev–Trinajstić information content (AvgIpc) is 3.02. The number of nitrogens with zero attached hydrogens (tertiary/aromatic N) is 1. The van der Waals surface area contributed by atoms with Crippen molar-refractivity contribution in [2.45, 2.75) is 0 Å². The van der Waals surface area contributed by atoms with Crippen molar-refractivity contribution in [2.75, 3.05) is 0 Å². The fourth-order valence-corrected chi connectivity index (χ4v) is 5.34. The summed E-state index contributed by atoms with van der Waals surface area (Å²) in [5.41, 5.74) is -8.88. The van der Waals surface area contributed by atoms with Crippen LogP contribution in [0.4, 0.5) is 65.9 Å². The summed E-state index contributed by atoms with van der Waals surface area (Å²) in [7, 11) is 0. The first kappa shape index (κ1) is 30.8. The molecule has 0 atom stereocenters. The number of benzene rings is 4. The van der Waals surface area contributed by atoms with Gasteiger partial charge in [0.25, 0.3) is 0 Å². The zero-order valence-corrected chi connectivity index (χ0v) is 20.7. The summed E-state index contributed by atoms with van der Waals surface area (Å²) in [5, 5.41) is -0.252. The van der Waals surface area contributed by atoms with E-state index in [1.807, 2.05) is 0 Å². The lowest BCUT2D eigenvalue weighted by molar-refractivity contribution is -0.509. The van der Waals surface area contributed by atoms with E-state index in [4.69, 9.17) is 0 Å². The van der Waals surface area contributed by atoms with Gasteiger partial charge in [-0.25, -0.2) is 65.9 Å². The standard InChI is InChI=1S/C27H7BF15N/c29-13-10(14(30)20(36)25(41)19(13)35)28(11-15(31)21(37)26(42)22(38)16(11)32,12-17(33)23(39)27(43)24(40)18(12)34)44-7-3-5-8-4-1-2-6-9(8)44/h1-7H. The zero-order valence-electron chi connectivity index (χ0n) is 20.7. The molecule has 0 N–H and O–H groups in total. The second-order valence-electron chi connectivity index (χ2n) is 9.25. The predicted octanol–water partition coefficient (Wildman–Crippen LogP) is 5.73. The van der Waals surface area contributed by atoms with Gasteiger partial charge in [0.2, 0.25) is 0 Å². The van der Waals surface area contributed by atoms with Gasteiger partial charge in [0.1, 0.15) is 41.1 Å². The first-order valence-corrected chi connectivity index (χ1v) is 11.7. The summed E-state index contributed by atoms with van der Waals surface area (Å²) in [6, 6.07) is 5.98. The molecule has 0 aliphatic carbocycles. The van der Waals surface area contributed by atoms with Gasteiger partial charge >= 0.3 is 6.28 Å². The molecule has 0 amide bonds. The second-order valence-corrected chi connectivity index (χ2v) is 9.25. The van der Waals surface area contributed by atoms with Crippen LogP contribution < -0.4 is 20.9 Å². The van der Waals surface area contributed by atoms with E-state index in [-0.39, 0.29) is 9.86 Å². The van der Waals surface area contributed by atoms with Crippen molar-refractivity contribution in [3.05, 3.63) is 130 Å². The van der Waals surface area contributed by atoms with Gasteiger partial charge in [0, 0.05) is 11.5 Å². The molecule has 0 unspecified atom stereocenters. The Labute approximate surface area is 234 Å². The molecule has 1 heterocycles. The van der Waals surface area contributed by atoms with E-state index in [0.29, 0.717) is 6.20 Å². The summed E-state index contributed by atoms with van der Waals surface area (Å²) in [6.07, 6.45) is -5.54. The third kappa shape index (κ3) is 3.90. The van der Waals surface area contributed by atoms with Crippen molar-refractivity contribution in [3.63, 3.8) is 0 Å². The Bertz CT molecular complexity index is 1790. The molecule has 4 aromatic carbocycles. The Morgan fingerprint density at radius 1 is 0.341 bits per heavy atom. The topological polar surface area (TPSA) is 3.88 Å². The van der Waals surface area contributed by atoms with Gasteiger partial charge in [-0.1, -0.05) is 12.1 Å². The van der Waals surface area contributed by atoms with Crippen molar-refractivity contribution in [3.8, 4) is 0 Å². The van der Waals surface area contributed by atoms with Gasteiger partial charge < -0.3 is 4.48 Å². The maximum atomic E-state index is 15.7. The van der Waals surface area contributed by atoms with Gasteiger partial charge in [-0.05, 0) is 34.6 Å². The Balaban J connectivity index is 2.32. The number of para-hydroxylation sites is 1. The normalized spacial score (nSPS) is 12.0. The van der Waals surface area contributed by atoms with Gasteiger partial charge in [-0.15, -0.1) is 0 Å². The van der Waals surface area contributed by atoms with E-state index in [1.54, 1.807) is 0 Å². The zero-order chi connectivity index (χ0) is 32.6. The molecule has 0 bridgehead atoms. The average molecular weight is 641 g/mol. The van der Waals surface area contributed by atoms with Crippen LogP contribution in [0.3, 0.4) is 0 Å². The highest BCUT2D eigenvalue weighted by molar-refractivity contribution is 7.06. The minimum Gasteiger partial charge on any atom is -0.408 e. The summed E-state index contributed by atoms with van der Waals surface area (Å²) in [6.45, 7) is 0. The van der Waals surface area contributed by atoms with E-state index < -0.39 is 115 Å². The molecule has 1 nitrogen and oxygen atoms in total. The highest BCUT2D eigenvalue weighted by Crippen LogP contribution is 2.28. The largest absolute Gasteiger partial charge is 0.408 e. The molecule has 0 spiro atoms. The van der Waals surface area contributed by atoms with Crippen LogP contribution in [0.5, 0.6) is 0 Å². The minimum absolute atomic E-state index is 0.0931. The summed E-state index contributed by atoms with van der Waals surface area (Å²) < 4.78 is 225. The van der Waals surface area contributed by atoms with Crippen molar-refractivity contribution < 1.29 is 70.3 Å². The number of aromatic nitrogens is 1. The van der Waals surface area contributed by atoms with E-state index >= 15 is 26.3 Å². The highest BCUT2D eigenvalue weighted by atomic mass is 19.2. The first-order valence-electron chi connectivity index (χ1n) is 11.7. The maximum absolute atomic E-state index is 15.7. The van der Waals surface area contributed by atoms with Crippen LogP contribution in [-0.2, 0) is 0 Å². The molecule has 0 fully saturated rings. The molecule has 0 aliphatic heterocycles. The predicted molar refractivity (Wildman–Crippen MR) is 123 cm³/mol. The Hall–Kier alpha value is -4.70. The maximum Gasteiger partial charge on any atom is 0.377 e. The molecular weight excluding hydrogens is 634 g/mol. The molecule has 0 saturated carbocycles. The van der Waals surface area contributed by atoms with Gasteiger partial charge in [0.05, 0.1) is 0 Å². The Kier molecular flexibility index (Phi) is 7.33. The second kappa shape index (κ2) is 10.5. The highest BCUT2D eigenvalue weighted by Gasteiger charge is 2.57. The summed E-state index contributed by atoms with van der Waals surface area (Å²) >= 11 is 0. The minimum atomic E-state index is -5.91. The van der Waals surface area contributed by atoms with Crippen molar-refractivity contribution in [2.24, 2.45) is 0 Å². The number of hydrogen-bond donors (Lipinski definition) is 0. The van der Waals surface area contributed by atoms with Gasteiger partial charge in [0.15, 0.2) is 57.9 Å². The Morgan fingerprint density at radius 3 is 0.955 bits per heavy atom. The van der Waals surface area contributed by atoms with Gasteiger partial charge in [-0.3, -0.25) is 0 Å². The smallest absolute Gasteiger partial charge is 0.377 e. The van der Waals surface area contributed by atoms with E-state index in [2.05, 4.69) is 0 Å². The number of fused-ring (bicyclic) bond motifs is 1. The van der Waals surface area contributed by atoms with Crippen LogP contribution >= 0.6 is 0 Å². The molecule has 1 aromatic heterocycles. The monoisotopic (exact) mass is 641 g/mol. The quantitative estimate of drug-likeness (QED) is 0.102. The third-order valence-electron chi connectivity index (χ3n) is 7.14. The lowest BCUT2D eigenvalue weighted by Gasteiger charge is -2.38. The molecule has 0 aliphatic rings. The molecular formula is C27H7BF15N. The van der Waals surface area contributed by atoms with E-state index in [1.165, 1.54) is 6.07 Å². The molecule has 228 valence electrons. The molecule has 0 radical (unpaired) electrons. The number of halogens is 15. The lowest BCUT2D eigenvalue weighted by Crippen LogP contribution is -2.88. The number of pyridine rings is 1. The molecule has 0 saturated heterocycles. The molecule has 5 aromatic rings. The summed E-state index contributed by atoms with van der Waals surface area (Å²) in [5.74, 6) is -45.8. The summed E-state index contributed by atoms with van der Waals surface area (Å²) in [4.78, 5) is 0. The van der Waals surface area contributed by atoms with Crippen LogP contribution in [-0.4, -0.2) is 6.28 Å². The van der Waals surface area contributed by atoms with Crippen molar-refractivity contribution >= 4 is 33.6 Å². The third-order valence-corrected chi connectivity index (χ3v) is 7.14. The molecule has 44 heavy (non-hydrogen) atoms. The van der Waals surface area contributed by atoms with Crippen LogP contribution in [0, 0.1) is 87.3 Å². The van der Waals surface area contributed by atoms with Crippen LogP contribution in [0.25, 0.3) is 10.9 Å². The fourth-order valence-electron chi connectivity index (χ4n) is 5.34. The van der Waals surface area contributed by atoms with Crippen LogP contribution in [0.1, 0.15) is 0 Å². The van der Waals surface area contributed by atoms with Crippen molar-refractivity contribution in [1.82, 2.24) is 0 Å². The van der Waals surface area contributed by atoms with E-state index in [0.717, 1.165) is 30.3 Å². The fraction of sp³-hybridized carbons (Fsp3) is 0. The Morgan fingerprint density at radius 2 is 0.614 bits per heavy atom. The van der Waals surface area contributed by atoms with Crippen LogP contribution in [0.2, 0.25) is 0 Å². The number of rotatable bonds is 4. The van der Waals surface area contributed by atoms with E-state index in [9.17, 15) is 39.5 Å².